The molecule has 126 valence electrons. The van der Waals surface area contributed by atoms with Gasteiger partial charge in [0.1, 0.15) is 0 Å². The van der Waals surface area contributed by atoms with Crippen LogP contribution >= 0.6 is 0 Å². The quantitative estimate of drug-likeness (QED) is 0.442. The van der Waals surface area contributed by atoms with Gasteiger partial charge in [-0.3, -0.25) is 0 Å². The molecule has 0 aromatic carbocycles. The van der Waals surface area contributed by atoms with E-state index in [0.717, 1.165) is 32.6 Å². The zero-order valence-corrected chi connectivity index (χ0v) is 13.6. The second kappa shape index (κ2) is 12.4. The maximum absolute atomic E-state index is 5.65. The molecule has 1 fully saturated rings. The molecular formula is C16H33NO4. The third-order valence-corrected chi connectivity index (χ3v) is 3.80. The maximum atomic E-state index is 5.65. The standard InChI is InChI=1S/C16H33NO4/c1-2-3-8-18-9-10-19-11-12-20-13-14-21-15-16(4-5-16)6-7-17/h2-15,17H2,1H3. The van der Waals surface area contributed by atoms with E-state index in [1.165, 1.54) is 19.3 Å². The van der Waals surface area contributed by atoms with Crippen LogP contribution in [-0.2, 0) is 18.9 Å². The minimum absolute atomic E-state index is 0.398. The van der Waals surface area contributed by atoms with Gasteiger partial charge in [-0.25, -0.2) is 0 Å². The fourth-order valence-corrected chi connectivity index (χ4v) is 2.14. The minimum atomic E-state index is 0.398. The Kier molecular flexibility index (Phi) is 11.1. The molecule has 1 aliphatic carbocycles. The van der Waals surface area contributed by atoms with Crippen molar-refractivity contribution < 1.29 is 18.9 Å². The average Bonchev–Trinajstić information content (AvgIpc) is 3.24. The third-order valence-electron chi connectivity index (χ3n) is 3.80. The van der Waals surface area contributed by atoms with Crippen molar-refractivity contribution in [1.82, 2.24) is 0 Å². The molecule has 0 spiro atoms. The van der Waals surface area contributed by atoms with Gasteiger partial charge in [-0.15, -0.1) is 0 Å². The molecule has 1 aliphatic rings. The van der Waals surface area contributed by atoms with Crippen LogP contribution in [0.3, 0.4) is 0 Å². The molecule has 5 nitrogen and oxygen atoms in total. The lowest BCUT2D eigenvalue weighted by molar-refractivity contribution is -0.00796. The number of ether oxygens (including phenoxy) is 4. The van der Waals surface area contributed by atoms with E-state index in [1.54, 1.807) is 0 Å². The SMILES string of the molecule is CCCCOCCOCCOCCOCC1(CCN)CC1. The largest absolute Gasteiger partial charge is 0.379 e. The van der Waals surface area contributed by atoms with Crippen molar-refractivity contribution in [3.8, 4) is 0 Å². The van der Waals surface area contributed by atoms with Gasteiger partial charge in [-0.1, -0.05) is 13.3 Å². The molecule has 0 aliphatic heterocycles. The van der Waals surface area contributed by atoms with Crippen molar-refractivity contribution >= 4 is 0 Å². The van der Waals surface area contributed by atoms with E-state index in [4.69, 9.17) is 24.7 Å². The highest BCUT2D eigenvalue weighted by atomic mass is 16.6. The Balaban J connectivity index is 1.71. The van der Waals surface area contributed by atoms with E-state index in [-0.39, 0.29) is 0 Å². The molecule has 0 amide bonds. The van der Waals surface area contributed by atoms with Gasteiger partial charge in [0.05, 0.1) is 46.2 Å². The van der Waals surface area contributed by atoms with Gasteiger partial charge in [-0.05, 0) is 37.6 Å². The van der Waals surface area contributed by atoms with E-state index >= 15 is 0 Å². The van der Waals surface area contributed by atoms with E-state index in [0.29, 0.717) is 45.1 Å². The van der Waals surface area contributed by atoms with Crippen LogP contribution in [0.5, 0.6) is 0 Å². The van der Waals surface area contributed by atoms with Crippen molar-refractivity contribution in [1.29, 1.82) is 0 Å². The van der Waals surface area contributed by atoms with Gasteiger partial charge in [0.25, 0.3) is 0 Å². The second-order valence-electron chi connectivity index (χ2n) is 5.78. The van der Waals surface area contributed by atoms with Crippen molar-refractivity contribution in [3.05, 3.63) is 0 Å². The van der Waals surface area contributed by atoms with E-state index in [9.17, 15) is 0 Å². The highest BCUT2D eigenvalue weighted by molar-refractivity contribution is 4.92. The van der Waals surface area contributed by atoms with Crippen LogP contribution in [-0.4, -0.2) is 59.4 Å². The molecule has 1 rings (SSSR count). The summed E-state index contributed by atoms with van der Waals surface area (Å²) in [6.45, 7) is 8.43. The number of unbranched alkanes of at least 4 members (excludes halogenated alkanes) is 1. The normalized spacial score (nSPS) is 16.3. The number of nitrogens with two attached hydrogens (primary N) is 1. The van der Waals surface area contributed by atoms with Crippen LogP contribution in [0.4, 0.5) is 0 Å². The second-order valence-corrected chi connectivity index (χ2v) is 5.78. The number of hydrogen-bond acceptors (Lipinski definition) is 5. The molecule has 1 saturated carbocycles. The average molecular weight is 303 g/mol. The Morgan fingerprint density at radius 3 is 1.81 bits per heavy atom. The predicted octanol–water partition coefficient (Wildman–Crippen LogP) is 1.98. The first-order valence-corrected chi connectivity index (χ1v) is 8.34. The monoisotopic (exact) mass is 303 g/mol. The molecule has 0 unspecified atom stereocenters. The highest BCUT2D eigenvalue weighted by Crippen LogP contribution is 2.48. The van der Waals surface area contributed by atoms with Crippen LogP contribution in [0.25, 0.3) is 0 Å². The Morgan fingerprint density at radius 2 is 1.33 bits per heavy atom. The fourth-order valence-electron chi connectivity index (χ4n) is 2.14. The predicted molar refractivity (Wildman–Crippen MR) is 83.5 cm³/mol. The lowest BCUT2D eigenvalue weighted by Gasteiger charge is -2.14. The summed E-state index contributed by atoms with van der Waals surface area (Å²) in [6.07, 6.45) is 5.90. The van der Waals surface area contributed by atoms with Gasteiger partial charge in [0.2, 0.25) is 0 Å². The lowest BCUT2D eigenvalue weighted by atomic mass is 10.0. The van der Waals surface area contributed by atoms with Gasteiger partial charge in [-0.2, -0.15) is 0 Å². The van der Waals surface area contributed by atoms with Crippen molar-refractivity contribution in [2.24, 2.45) is 11.1 Å². The van der Waals surface area contributed by atoms with Crippen molar-refractivity contribution in [2.45, 2.75) is 39.0 Å². The van der Waals surface area contributed by atoms with E-state index in [1.807, 2.05) is 0 Å². The van der Waals surface area contributed by atoms with Crippen LogP contribution in [0, 0.1) is 5.41 Å². The Bertz CT molecular complexity index is 234. The fraction of sp³-hybridized carbons (Fsp3) is 1.00. The summed E-state index contributed by atoms with van der Waals surface area (Å²) < 4.78 is 21.9. The first kappa shape index (κ1) is 18.8. The first-order valence-electron chi connectivity index (χ1n) is 8.34. The summed E-state index contributed by atoms with van der Waals surface area (Å²) in [5.74, 6) is 0. The molecule has 5 heteroatoms. The lowest BCUT2D eigenvalue weighted by Crippen LogP contribution is -2.18. The van der Waals surface area contributed by atoms with E-state index in [2.05, 4.69) is 6.92 Å². The Hall–Kier alpha value is -0.200. The zero-order chi connectivity index (χ0) is 15.2. The van der Waals surface area contributed by atoms with E-state index < -0.39 is 0 Å². The summed E-state index contributed by atoms with van der Waals surface area (Å²) >= 11 is 0. The summed E-state index contributed by atoms with van der Waals surface area (Å²) in [5, 5.41) is 0. The van der Waals surface area contributed by atoms with Gasteiger partial charge >= 0.3 is 0 Å². The summed E-state index contributed by atoms with van der Waals surface area (Å²) in [4.78, 5) is 0. The minimum Gasteiger partial charge on any atom is -0.379 e. The highest BCUT2D eigenvalue weighted by Gasteiger charge is 2.41. The smallest absolute Gasteiger partial charge is 0.0701 e. The zero-order valence-electron chi connectivity index (χ0n) is 13.6. The maximum Gasteiger partial charge on any atom is 0.0701 e. The number of rotatable bonds is 16. The first-order chi connectivity index (χ1) is 10.3. The topological polar surface area (TPSA) is 62.9 Å². The van der Waals surface area contributed by atoms with Crippen LogP contribution in [0.2, 0.25) is 0 Å². The summed E-state index contributed by atoms with van der Waals surface area (Å²) in [7, 11) is 0. The summed E-state index contributed by atoms with van der Waals surface area (Å²) in [5.41, 5.74) is 5.99. The molecule has 0 saturated heterocycles. The number of hydrogen-bond donors (Lipinski definition) is 1. The Labute approximate surface area is 129 Å². The summed E-state index contributed by atoms with van der Waals surface area (Å²) in [6, 6.07) is 0. The van der Waals surface area contributed by atoms with Gasteiger partial charge in [0.15, 0.2) is 0 Å². The Morgan fingerprint density at radius 1 is 0.810 bits per heavy atom. The van der Waals surface area contributed by atoms with Crippen LogP contribution < -0.4 is 5.73 Å². The van der Waals surface area contributed by atoms with Gasteiger partial charge in [0, 0.05) is 6.61 Å². The molecule has 0 aromatic heterocycles. The van der Waals surface area contributed by atoms with Crippen LogP contribution in [0.1, 0.15) is 39.0 Å². The molecule has 21 heavy (non-hydrogen) atoms. The van der Waals surface area contributed by atoms with Crippen LogP contribution in [0.15, 0.2) is 0 Å². The molecule has 0 heterocycles. The molecule has 2 N–H and O–H groups in total. The van der Waals surface area contributed by atoms with Crippen molar-refractivity contribution in [3.63, 3.8) is 0 Å². The molecular weight excluding hydrogens is 270 g/mol. The molecule has 0 bridgehead atoms. The molecule has 0 atom stereocenters. The van der Waals surface area contributed by atoms with Gasteiger partial charge < -0.3 is 24.7 Å². The molecule has 0 radical (unpaired) electrons. The van der Waals surface area contributed by atoms with Crippen molar-refractivity contribution in [2.75, 3.05) is 59.4 Å². The third kappa shape index (κ3) is 10.2. The molecule has 0 aromatic rings.